The molecule has 0 saturated carbocycles. The van der Waals surface area contributed by atoms with Crippen molar-refractivity contribution in [1.82, 2.24) is 15.3 Å². The second-order valence-corrected chi connectivity index (χ2v) is 7.06. The fraction of sp³-hybridized carbons (Fsp3) is 0.450. The third kappa shape index (κ3) is 4.56. The second-order valence-electron chi connectivity index (χ2n) is 7.06. The number of aromatic nitrogens is 2. The van der Waals surface area contributed by atoms with Crippen LogP contribution in [0.5, 0.6) is 0 Å². The fourth-order valence-corrected chi connectivity index (χ4v) is 3.09. The molecular weight excluding hydrogens is 312 g/mol. The number of carbonyl (C=O) groups excluding carboxylic acids is 1. The average Bonchev–Trinajstić information content (AvgIpc) is 2.67. The predicted molar refractivity (Wildman–Crippen MR) is 100 cm³/mol. The summed E-state index contributed by atoms with van der Waals surface area (Å²) in [7, 11) is 0. The van der Waals surface area contributed by atoms with Gasteiger partial charge in [0, 0.05) is 37.6 Å². The van der Waals surface area contributed by atoms with Crippen LogP contribution in [0, 0.1) is 11.8 Å². The molecule has 1 N–H and O–H groups in total. The van der Waals surface area contributed by atoms with Gasteiger partial charge in [0.1, 0.15) is 0 Å². The minimum absolute atomic E-state index is 0.0184. The molecule has 3 rings (SSSR count). The topological polar surface area (TPSA) is 58.1 Å². The highest BCUT2D eigenvalue weighted by atomic mass is 16.1. The quantitative estimate of drug-likeness (QED) is 0.910. The van der Waals surface area contributed by atoms with Crippen molar-refractivity contribution in [3.05, 3.63) is 42.7 Å². The van der Waals surface area contributed by atoms with E-state index in [2.05, 4.69) is 34.0 Å². The number of amides is 1. The van der Waals surface area contributed by atoms with Crippen molar-refractivity contribution in [3.63, 3.8) is 0 Å². The monoisotopic (exact) mass is 338 g/mol. The number of nitrogens with one attached hydrogen (secondary N) is 1. The number of rotatable bonds is 5. The Morgan fingerprint density at radius 2 is 1.92 bits per heavy atom. The number of anilines is 1. The Kier molecular flexibility index (Phi) is 5.64. The smallest absolute Gasteiger partial charge is 0.225 e. The highest BCUT2D eigenvalue weighted by Gasteiger charge is 2.27. The van der Waals surface area contributed by atoms with Crippen LogP contribution in [0.15, 0.2) is 42.7 Å². The molecule has 1 fully saturated rings. The van der Waals surface area contributed by atoms with Crippen molar-refractivity contribution in [1.29, 1.82) is 0 Å². The van der Waals surface area contributed by atoms with Gasteiger partial charge >= 0.3 is 0 Å². The molecule has 0 bridgehead atoms. The van der Waals surface area contributed by atoms with E-state index in [9.17, 15) is 4.79 Å². The van der Waals surface area contributed by atoms with Crippen molar-refractivity contribution in [2.45, 2.75) is 26.7 Å². The minimum Gasteiger partial charge on any atom is -0.356 e. The van der Waals surface area contributed by atoms with Crippen LogP contribution in [0.3, 0.4) is 0 Å². The van der Waals surface area contributed by atoms with Gasteiger partial charge in [0.05, 0.1) is 5.92 Å². The second kappa shape index (κ2) is 8.10. The molecule has 1 aliphatic heterocycles. The van der Waals surface area contributed by atoms with E-state index < -0.39 is 0 Å². The normalized spacial score (nSPS) is 17.6. The zero-order valence-corrected chi connectivity index (χ0v) is 15.0. The van der Waals surface area contributed by atoms with Crippen LogP contribution in [-0.2, 0) is 4.79 Å². The Morgan fingerprint density at radius 1 is 1.20 bits per heavy atom. The summed E-state index contributed by atoms with van der Waals surface area (Å²) in [4.78, 5) is 23.5. The van der Waals surface area contributed by atoms with Crippen LogP contribution in [0.25, 0.3) is 11.1 Å². The Bertz CT molecular complexity index is 685. The lowest BCUT2D eigenvalue weighted by atomic mass is 9.97. The van der Waals surface area contributed by atoms with E-state index in [4.69, 9.17) is 0 Å². The number of piperidine rings is 1. The molecule has 5 heteroatoms. The van der Waals surface area contributed by atoms with Crippen LogP contribution in [-0.4, -0.2) is 35.5 Å². The Balaban J connectivity index is 1.64. The highest BCUT2D eigenvalue weighted by molar-refractivity contribution is 5.79. The Hall–Kier alpha value is -2.43. The maximum absolute atomic E-state index is 12.3. The van der Waals surface area contributed by atoms with Crippen LogP contribution >= 0.6 is 0 Å². The summed E-state index contributed by atoms with van der Waals surface area (Å²) < 4.78 is 0. The van der Waals surface area contributed by atoms with Gasteiger partial charge in [-0.1, -0.05) is 44.2 Å². The Morgan fingerprint density at radius 3 is 2.60 bits per heavy atom. The first kappa shape index (κ1) is 17.4. The molecule has 1 atom stereocenters. The summed E-state index contributed by atoms with van der Waals surface area (Å²) in [6, 6.07) is 10.1. The SMILES string of the molecule is CC(C)CNC(=O)[C@@H]1CCCN(c2ncc(-c3ccccc3)cn2)C1. The maximum Gasteiger partial charge on any atom is 0.225 e. The van der Waals surface area contributed by atoms with Crippen molar-refractivity contribution < 1.29 is 4.79 Å². The van der Waals surface area contributed by atoms with Crippen LogP contribution in [0.4, 0.5) is 5.95 Å². The summed E-state index contributed by atoms with van der Waals surface area (Å²) in [5, 5.41) is 3.05. The van der Waals surface area contributed by atoms with E-state index >= 15 is 0 Å². The molecule has 0 aliphatic carbocycles. The van der Waals surface area contributed by atoms with E-state index in [1.54, 1.807) is 0 Å². The molecule has 1 aromatic heterocycles. The maximum atomic E-state index is 12.3. The lowest BCUT2D eigenvalue weighted by Gasteiger charge is -2.32. The molecule has 2 heterocycles. The molecule has 132 valence electrons. The molecule has 2 aromatic rings. The van der Waals surface area contributed by atoms with Gasteiger partial charge in [0.25, 0.3) is 0 Å². The molecule has 1 aromatic carbocycles. The summed E-state index contributed by atoms with van der Waals surface area (Å²) in [5.74, 6) is 1.35. The van der Waals surface area contributed by atoms with Crippen LogP contribution in [0.2, 0.25) is 0 Å². The number of carbonyl (C=O) groups is 1. The molecule has 1 aliphatic rings. The first-order valence-electron chi connectivity index (χ1n) is 9.03. The first-order chi connectivity index (χ1) is 12.1. The number of hydrogen-bond acceptors (Lipinski definition) is 4. The lowest BCUT2D eigenvalue weighted by molar-refractivity contribution is -0.125. The van der Waals surface area contributed by atoms with E-state index in [1.165, 1.54) is 0 Å². The van der Waals surface area contributed by atoms with E-state index in [0.717, 1.165) is 37.1 Å². The number of benzene rings is 1. The molecule has 1 saturated heterocycles. The summed E-state index contributed by atoms with van der Waals surface area (Å²) >= 11 is 0. The number of nitrogens with zero attached hydrogens (tertiary/aromatic N) is 3. The predicted octanol–water partition coefficient (Wildman–Crippen LogP) is 3.13. The van der Waals surface area contributed by atoms with Gasteiger partial charge in [-0.05, 0) is 24.3 Å². The van der Waals surface area contributed by atoms with Crippen molar-refractivity contribution in [2.24, 2.45) is 11.8 Å². The molecule has 0 radical (unpaired) electrons. The number of hydrogen-bond donors (Lipinski definition) is 1. The van der Waals surface area contributed by atoms with E-state index in [0.29, 0.717) is 18.4 Å². The van der Waals surface area contributed by atoms with Crippen LogP contribution < -0.4 is 10.2 Å². The third-order valence-electron chi connectivity index (χ3n) is 4.50. The van der Waals surface area contributed by atoms with E-state index in [1.807, 2.05) is 42.7 Å². The van der Waals surface area contributed by atoms with Gasteiger partial charge in [-0.3, -0.25) is 4.79 Å². The Labute approximate surface area is 149 Å². The van der Waals surface area contributed by atoms with Crippen molar-refractivity contribution in [3.8, 4) is 11.1 Å². The third-order valence-corrected chi connectivity index (χ3v) is 4.50. The zero-order valence-electron chi connectivity index (χ0n) is 15.0. The molecule has 5 nitrogen and oxygen atoms in total. The van der Waals surface area contributed by atoms with Gasteiger partial charge in [-0.2, -0.15) is 0 Å². The van der Waals surface area contributed by atoms with Crippen molar-refractivity contribution >= 4 is 11.9 Å². The van der Waals surface area contributed by atoms with Gasteiger partial charge in [-0.15, -0.1) is 0 Å². The highest BCUT2D eigenvalue weighted by Crippen LogP contribution is 2.22. The minimum atomic E-state index is 0.0184. The summed E-state index contributed by atoms with van der Waals surface area (Å²) in [6.45, 7) is 6.54. The van der Waals surface area contributed by atoms with Gasteiger partial charge in [-0.25, -0.2) is 9.97 Å². The molecule has 25 heavy (non-hydrogen) atoms. The standard InChI is InChI=1S/C20H26N4O/c1-15(2)11-21-19(25)17-9-6-10-24(14-17)20-22-12-18(13-23-20)16-7-4-3-5-8-16/h3-5,7-8,12-13,15,17H,6,9-11,14H2,1-2H3,(H,21,25)/t17-/m1/s1. The fourth-order valence-electron chi connectivity index (χ4n) is 3.09. The van der Waals surface area contributed by atoms with Crippen LogP contribution in [0.1, 0.15) is 26.7 Å². The largest absolute Gasteiger partial charge is 0.356 e. The average molecular weight is 338 g/mol. The lowest BCUT2D eigenvalue weighted by Crippen LogP contribution is -2.44. The van der Waals surface area contributed by atoms with Gasteiger partial charge in [0.2, 0.25) is 11.9 Å². The first-order valence-corrected chi connectivity index (χ1v) is 9.03. The van der Waals surface area contributed by atoms with Crippen molar-refractivity contribution in [2.75, 3.05) is 24.5 Å². The van der Waals surface area contributed by atoms with Gasteiger partial charge in [0.15, 0.2) is 0 Å². The summed E-state index contributed by atoms with van der Waals surface area (Å²) in [6.07, 6.45) is 5.65. The van der Waals surface area contributed by atoms with Gasteiger partial charge < -0.3 is 10.2 Å². The van der Waals surface area contributed by atoms with E-state index in [-0.39, 0.29) is 11.8 Å². The zero-order chi connectivity index (χ0) is 17.6. The molecule has 0 spiro atoms. The molecule has 1 amide bonds. The summed E-state index contributed by atoms with van der Waals surface area (Å²) in [5.41, 5.74) is 2.12. The molecular formula is C20H26N4O. The molecule has 0 unspecified atom stereocenters.